The van der Waals surface area contributed by atoms with E-state index in [2.05, 4.69) is 9.99 Å². The summed E-state index contributed by atoms with van der Waals surface area (Å²) in [6.45, 7) is 0.00648. The van der Waals surface area contributed by atoms with Crippen LogP contribution in [0.5, 0.6) is 5.75 Å². The van der Waals surface area contributed by atoms with Crippen molar-refractivity contribution in [2.24, 2.45) is 5.16 Å². The molecule has 0 amide bonds. The number of oxime groups is 1. The molecule has 0 aliphatic carbocycles. The van der Waals surface area contributed by atoms with Crippen molar-refractivity contribution in [3.05, 3.63) is 65.2 Å². The lowest BCUT2D eigenvalue weighted by atomic mass is 10.0. The summed E-state index contributed by atoms with van der Waals surface area (Å²) in [5.74, 6) is -0.639. The van der Waals surface area contributed by atoms with Gasteiger partial charge in [-0.2, -0.15) is 0 Å². The molecule has 0 heterocycles. The minimum Gasteiger partial charge on any atom is -0.489 e. The highest BCUT2D eigenvalue weighted by Crippen LogP contribution is 2.20. The molecular formula is C17H17NO5. The van der Waals surface area contributed by atoms with Gasteiger partial charge in [0.05, 0.1) is 6.61 Å². The summed E-state index contributed by atoms with van der Waals surface area (Å²) in [5.41, 5.74) is 1.54. The topological polar surface area (TPSA) is 88.4 Å². The molecule has 2 rings (SSSR count). The number of ether oxygens (including phenoxy) is 1. The summed E-state index contributed by atoms with van der Waals surface area (Å²) in [6.07, 6.45) is 0. The predicted molar refractivity (Wildman–Crippen MR) is 84.3 cm³/mol. The molecule has 0 radical (unpaired) electrons. The normalized spacial score (nSPS) is 11.1. The Kier molecular flexibility index (Phi) is 5.71. The van der Waals surface area contributed by atoms with E-state index in [1.165, 1.54) is 7.11 Å². The summed E-state index contributed by atoms with van der Waals surface area (Å²) in [4.78, 5) is 15.9. The van der Waals surface area contributed by atoms with Crippen molar-refractivity contribution >= 4 is 11.7 Å². The number of carbonyl (C=O) groups is 1. The Morgan fingerprint density at radius 1 is 1.09 bits per heavy atom. The van der Waals surface area contributed by atoms with Crippen LogP contribution in [-0.4, -0.2) is 29.0 Å². The maximum Gasteiger partial charge on any atom is 0.358 e. The number of aliphatic hydroxyl groups is 1. The highest BCUT2D eigenvalue weighted by Gasteiger charge is 2.17. The van der Waals surface area contributed by atoms with E-state index >= 15 is 0 Å². The number of aliphatic hydroxyl groups excluding tert-OH is 1. The van der Waals surface area contributed by atoms with Crippen LogP contribution in [0.25, 0.3) is 0 Å². The monoisotopic (exact) mass is 315 g/mol. The number of benzene rings is 2. The van der Waals surface area contributed by atoms with Crippen molar-refractivity contribution in [3.8, 4) is 5.75 Å². The van der Waals surface area contributed by atoms with Crippen LogP contribution >= 0.6 is 0 Å². The summed E-state index contributed by atoms with van der Waals surface area (Å²) >= 11 is 0. The van der Waals surface area contributed by atoms with E-state index in [1.54, 1.807) is 48.5 Å². The molecule has 6 heteroatoms. The molecule has 2 aromatic carbocycles. The van der Waals surface area contributed by atoms with Gasteiger partial charge in [-0.3, -0.25) is 0 Å². The third kappa shape index (κ3) is 4.08. The molecule has 0 bridgehead atoms. The Hall–Kier alpha value is -2.86. The Morgan fingerprint density at radius 2 is 1.74 bits per heavy atom. The van der Waals surface area contributed by atoms with Gasteiger partial charge in [0.1, 0.15) is 19.5 Å². The summed E-state index contributed by atoms with van der Waals surface area (Å²) in [6, 6.07) is 14.0. The number of rotatable bonds is 7. The van der Waals surface area contributed by atoms with Crippen molar-refractivity contribution in [1.29, 1.82) is 0 Å². The fourth-order valence-electron chi connectivity index (χ4n) is 2.10. The second kappa shape index (κ2) is 7.95. The van der Waals surface area contributed by atoms with Gasteiger partial charge in [-0.1, -0.05) is 47.6 Å². The Balaban J connectivity index is 2.27. The van der Waals surface area contributed by atoms with E-state index in [1.807, 2.05) is 0 Å². The number of carboxylic acids is 1. The van der Waals surface area contributed by atoms with Crippen molar-refractivity contribution < 1.29 is 24.6 Å². The lowest BCUT2D eigenvalue weighted by molar-refractivity contribution is -0.129. The van der Waals surface area contributed by atoms with Crippen molar-refractivity contribution in [3.63, 3.8) is 0 Å². The molecule has 0 spiro atoms. The van der Waals surface area contributed by atoms with E-state index in [9.17, 15) is 15.0 Å². The molecule has 2 aromatic rings. The van der Waals surface area contributed by atoms with E-state index in [0.717, 1.165) is 0 Å². The largest absolute Gasteiger partial charge is 0.489 e. The quantitative estimate of drug-likeness (QED) is 0.604. The van der Waals surface area contributed by atoms with Gasteiger partial charge in [0.15, 0.2) is 5.71 Å². The number of nitrogens with zero attached hydrogens (tertiary/aromatic N) is 1. The maximum atomic E-state index is 11.3. The van der Waals surface area contributed by atoms with Crippen molar-refractivity contribution in [2.75, 3.05) is 7.11 Å². The zero-order valence-electron chi connectivity index (χ0n) is 12.6. The van der Waals surface area contributed by atoms with Crippen LogP contribution in [0.2, 0.25) is 0 Å². The molecule has 23 heavy (non-hydrogen) atoms. The lowest BCUT2D eigenvalue weighted by Gasteiger charge is -2.12. The lowest BCUT2D eigenvalue weighted by Crippen LogP contribution is -2.17. The van der Waals surface area contributed by atoms with Gasteiger partial charge in [0, 0.05) is 11.1 Å². The molecule has 0 aliphatic heterocycles. The van der Waals surface area contributed by atoms with Crippen molar-refractivity contribution in [2.45, 2.75) is 13.2 Å². The van der Waals surface area contributed by atoms with Crippen LogP contribution in [0.4, 0.5) is 0 Å². The average molecular weight is 315 g/mol. The van der Waals surface area contributed by atoms with Crippen LogP contribution in [0.15, 0.2) is 53.7 Å². The van der Waals surface area contributed by atoms with Crippen molar-refractivity contribution in [1.82, 2.24) is 0 Å². The molecule has 120 valence electrons. The smallest absolute Gasteiger partial charge is 0.358 e. The Bertz CT molecular complexity index is 712. The zero-order chi connectivity index (χ0) is 16.7. The molecule has 0 saturated heterocycles. The van der Waals surface area contributed by atoms with Crippen LogP contribution in [0, 0.1) is 0 Å². The first kappa shape index (κ1) is 16.5. The number of aliphatic carboxylic acids is 1. The molecule has 0 unspecified atom stereocenters. The van der Waals surface area contributed by atoms with Crippen LogP contribution < -0.4 is 4.74 Å². The van der Waals surface area contributed by atoms with Gasteiger partial charge in [-0.25, -0.2) is 4.79 Å². The van der Waals surface area contributed by atoms with Gasteiger partial charge < -0.3 is 19.8 Å². The summed E-state index contributed by atoms with van der Waals surface area (Å²) in [7, 11) is 1.29. The molecule has 6 nitrogen and oxygen atoms in total. The first-order chi connectivity index (χ1) is 11.2. The van der Waals surface area contributed by atoms with E-state index in [0.29, 0.717) is 22.4 Å². The number of carboxylic acid groups (broad SMARTS) is 1. The first-order valence-corrected chi connectivity index (χ1v) is 6.91. The van der Waals surface area contributed by atoms with Gasteiger partial charge in [-0.15, -0.1) is 0 Å². The minimum absolute atomic E-state index is 0.136. The van der Waals surface area contributed by atoms with Gasteiger partial charge in [-0.05, 0) is 11.6 Å². The number of hydrogen-bond acceptors (Lipinski definition) is 5. The highest BCUT2D eigenvalue weighted by atomic mass is 16.6. The van der Waals surface area contributed by atoms with E-state index < -0.39 is 5.97 Å². The third-order valence-electron chi connectivity index (χ3n) is 3.18. The Labute approximate surface area is 133 Å². The third-order valence-corrected chi connectivity index (χ3v) is 3.18. The fourth-order valence-corrected chi connectivity index (χ4v) is 2.10. The molecule has 0 fully saturated rings. The predicted octanol–water partition coefficient (Wildman–Crippen LogP) is 2.19. The second-order valence-electron chi connectivity index (χ2n) is 4.64. The van der Waals surface area contributed by atoms with Gasteiger partial charge >= 0.3 is 5.97 Å². The number of para-hydroxylation sites is 1. The zero-order valence-corrected chi connectivity index (χ0v) is 12.6. The first-order valence-electron chi connectivity index (χ1n) is 6.91. The molecule has 0 aliphatic rings. The van der Waals surface area contributed by atoms with Gasteiger partial charge in [0.25, 0.3) is 0 Å². The SMILES string of the molecule is CO/N=C(/C(=O)O)c1ccccc1COc1ccccc1CO. The van der Waals surface area contributed by atoms with E-state index in [-0.39, 0.29) is 18.9 Å². The fraction of sp³-hybridized carbons (Fsp3) is 0.176. The maximum absolute atomic E-state index is 11.3. The Morgan fingerprint density at radius 3 is 2.39 bits per heavy atom. The summed E-state index contributed by atoms with van der Waals surface area (Å²) < 4.78 is 5.71. The van der Waals surface area contributed by atoms with Crippen LogP contribution in [-0.2, 0) is 22.8 Å². The minimum atomic E-state index is -1.19. The molecular weight excluding hydrogens is 298 g/mol. The average Bonchev–Trinajstić information content (AvgIpc) is 2.58. The summed E-state index contributed by atoms with van der Waals surface area (Å²) in [5, 5.41) is 22.1. The van der Waals surface area contributed by atoms with Crippen LogP contribution in [0.3, 0.4) is 0 Å². The number of hydrogen-bond donors (Lipinski definition) is 2. The molecule has 0 aromatic heterocycles. The molecule has 0 atom stereocenters. The van der Waals surface area contributed by atoms with Gasteiger partial charge in [0.2, 0.25) is 0 Å². The highest BCUT2D eigenvalue weighted by molar-refractivity contribution is 6.42. The second-order valence-corrected chi connectivity index (χ2v) is 4.64. The standard InChI is InChI=1S/C17H17NO5/c1-22-18-16(17(20)21)14-8-4-2-7-13(14)11-23-15-9-5-3-6-12(15)10-19/h2-9,19H,10-11H2,1H3,(H,20,21)/b18-16+. The molecule has 2 N–H and O–H groups in total. The molecule has 0 saturated carbocycles. The van der Waals surface area contributed by atoms with E-state index in [4.69, 9.17) is 4.74 Å². The van der Waals surface area contributed by atoms with Crippen LogP contribution in [0.1, 0.15) is 16.7 Å².